The molecule has 4 aromatic carbocycles. The number of hydrogen-bond donors (Lipinski definition) is 0. The van der Waals surface area contributed by atoms with E-state index in [1.54, 1.807) is 0 Å². The van der Waals surface area contributed by atoms with Crippen molar-refractivity contribution >= 4 is 27.8 Å². The van der Waals surface area contributed by atoms with Crippen LogP contribution >= 0.6 is 0 Å². The number of benzene rings is 4. The lowest BCUT2D eigenvalue weighted by atomic mass is 9.97. The highest BCUT2D eigenvalue weighted by Crippen LogP contribution is 2.29. The molecule has 0 spiro atoms. The SMILES string of the molecule is O=Cc1ccc(-c2ccc3c(ccc4ccccc43)c2)cc1. The molecule has 4 rings (SSSR count). The Morgan fingerprint density at radius 1 is 0.591 bits per heavy atom. The van der Waals surface area contributed by atoms with E-state index in [-0.39, 0.29) is 0 Å². The first-order valence-corrected chi connectivity index (χ1v) is 7.32. The van der Waals surface area contributed by atoms with Crippen LogP contribution in [0.3, 0.4) is 0 Å². The van der Waals surface area contributed by atoms with Crippen LogP contribution in [0.25, 0.3) is 32.7 Å². The summed E-state index contributed by atoms with van der Waals surface area (Å²) in [6.07, 6.45) is 0.871. The highest BCUT2D eigenvalue weighted by Gasteiger charge is 2.03. The largest absolute Gasteiger partial charge is 0.298 e. The first-order valence-electron chi connectivity index (χ1n) is 7.32. The normalized spacial score (nSPS) is 10.9. The quantitative estimate of drug-likeness (QED) is 0.352. The van der Waals surface area contributed by atoms with Crippen LogP contribution < -0.4 is 0 Å². The molecule has 0 unspecified atom stereocenters. The maximum absolute atomic E-state index is 10.8. The Bertz CT molecular complexity index is 981. The second-order valence-electron chi connectivity index (χ2n) is 5.46. The summed E-state index contributed by atoms with van der Waals surface area (Å²) in [7, 11) is 0. The molecular formula is C21H14O. The van der Waals surface area contributed by atoms with Crippen LogP contribution in [0.1, 0.15) is 10.4 Å². The summed E-state index contributed by atoms with van der Waals surface area (Å²) in [4.78, 5) is 10.8. The Morgan fingerprint density at radius 2 is 1.27 bits per heavy atom. The Labute approximate surface area is 128 Å². The van der Waals surface area contributed by atoms with E-state index in [1.807, 2.05) is 24.3 Å². The third kappa shape index (κ3) is 2.08. The van der Waals surface area contributed by atoms with Crippen LogP contribution in [0.2, 0.25) is 0 Å². The van der Waals surface area contributed by atoms with E-state index < -0.39 is 0 Å². The van der Waals surface area contributed by atoms with Gasteiger partial charge < -0.3 is 0 Å². The van der Waals surface area contributed by atoms with Crippen molar-refractivity contribution in [3.05, 3.63) is 84.4 Å². The standard InChI is InChI=1S/C21H14O/c22-14-15-5-7-16(8-6-15)18-11-12-21-19(13-18)10-9-17-3-1-2-4-20(17)21/h1-14H. The van der Waals surface area contributed by atoms with Gasteiger partial charge in [-0.2, -0.15) is 0 Å². The first kappa shape index (κ1) is 12.8. The Hall–Kier alpha value is -2.93. The summed E-state index contributed by atoms with van der Waals surface area (Å²) < 4.78 is 0. The fourth-order valence-electron chi connectivity index (χ4n) is 2.95. The zero-order valence-corrected chi connectivity index (χ0v) is 12.0. The van der Waals surface area contributed by atoms with Crippen molar-refractivity contribution in [2.75, 3.05) is 0 Å². The molecule has 0 aliphatic heterocycles. The molecule has 4 aromatic rings. The fourth-order valence-corrected chi connectivity index (χ4v) is 2.95. The average Bonchev–Trinajstić information content (AvgIpc) is 2.61. The highest BCUT2D eigenvalue weighted by atomic mass is 16.1. The van der Waals surface area contributed by atoms with Gasteiger partial charge in [0.05, 0.1) is 0 Å². The number of rotatable bonds is 2. The zero-order chi connectivity index (χ0) is 14.9. The van der Waals surface area contributed by atoms with Crippen molar-refractivity contribution in [2.45, 2.75) is 0 Å². The van der Waals surface area contributed by atoms with Crippen molar-refractivity contribution in [1.82, 2.24) is 0 Å². The lowest BCUT2D eigenvalue weighted by Crippen LogP contribution is -1.83. The van der Waals surface area contributed by atoms with E-state index in [2.05, 4.69) is 54.6 Å². The monoisotopic (exact) mass is 282 g/mol. The average molecular weight is 282 g/mol. The number of carbonyl (C=O) groups excluding carboxylic acids is 1. The van der Waals surface area contributed by atoms with Gasteiger partial charge in [-0.05, 0) is 38.7 Å². The third-order valence-electron chi connectivity index (χ3n) is 4.13. The predicted octanol–water partition coefficient (Wildman–Crippen LogP) is 5.47. The minimum atomic E-state index is 0.704. The molecule has 0 aliphatic rings. The Balaban J connectivity index is 1.89. The van der Waals surface area contributed by atoms with Crippen LogP contribution in [-0.4, -0.2) is 6.29 Å². The van der Waals surface area contributed by atoms with Gasteiger partial charge in [-0.25, -0.2) is 0 Å². The van der Waals surface area contributed by atoms with Crippen molar-refractivity contribution in [1.29, 1.82) is 0 Å². The summed E-state index contributed by atoms with van der Waals surface area (Å²) >= 11 is 0. The van der Waals surface area contributed by atoms with Crippen LogP contribution in [0, 0.1) is 0 Å². The Morgan fingerprint density at radius 3 is 2.09 bits per heavy atom. The van der Waals surface area contributed by atoms with Gasteiger partial charge in [0.25, 0.3) is 0 Å². The highest BCUT2D eigenvalue weighted by molar-refractivity contribution is 6.08. The topological polar surface area (TPSA) is 17.1 Å². The molecule has 0 aromatic heterocycles. The number of hydrogen-bond acceptors (Lipinski definition) is 1. The predicted molar refractivity (Wildman–Crippen MR) is 92.3 cm³/mol. The summed E-state index contributed by atoms with van der Waals surface area (Å²) in [5.41, 5.74) is 3.00. The molecule has 0 atom stereocenters. The number of aldehydes is 1. The first-order chi connectivity index (χ1) is 10.8. The van der Waals surface area contributed by atoms with Crippen LogP contribution in [0.4, 0.5) is 0 Å². The van der Waals surface area contributed by atoms with Crippen molar-refractivity contribution in [2.24, 2.45) is 0 Å². The molecule has 0 bridgehead atoms. The Kier molecular flexibility index (Phi) is 2.97. The fraction of sp³-hybridized carbons (Fsp3) is 0. The maximum Gasteiger partial charge on any atom is 0.150 e. The molecule has 1 nitrogen and oxygen atoms in total. The third-order valence-corrected chi connectivity index (χ3v) is 4.13. The second-order valence-corrected chi connectivity index (χ2v) is 5.46. The van der Waals surface area contributed by atoms with E-state index in [0.717, 1.165) is 11.8 Å². The summed E-state index contributed by atoms with van der Waals surface area (Å²) in [5.74, 6) is 0. The van der Waals surface area contributed by atoms with Gasteiger partial charge in [0.15, 0.2) is 0 Å². The summed E-state index contributed by atoms with van der Waals surface area (Å²) in [6, 6.07) is 27.0. The van der Waals surface area contributed by atoms with Gasteiger partial charge in [-0.1, -0.05) is 72.8 Å². The zero-order valence-electron chi connectivity index (χ0n) is 12.0. The summed E-state index contributed by atoms with van der Waals surface area (Å²) in [5, 5.41) is 5.04. The minimum absolute atomic E-state index is 0.704. The van der Waals surface area contributed by atoms with Crippen LogP contribution in [0.5, 0.6) is 0 Å². The van der Waals surface area contributed by atoms with Gasteiger partial charge in [-0.3, -0.25) is 4.79 Å². The van der Waals surface area contributed by atoms with Gasteiger partial charge in [0.1, 0.15) is 6.29 Å². The van der Waals surface area contributed by atoms with Crippen LogP contribution in [-0.2, 0) is 0 Å². The number of fused-ring (bicyclic) bond motifs is 3. The van der Waals surface area contributed by atoms with Crippen molar-refractivity contribution in [3.63, 3.8) is 0 Å². The van der Waals surface area contributed by atoms with E-state index in [0.29, 0.717) is 5.56 Å². The molecule has 0 heterocycles. The molecule has 1 heteroatoms. The van der Waals surface area contributed by atoms with Gasteiger partial charge >= 0.3 is 0 Å². The molecular weight excluding hydrogens is 268 g/mol. The van der Waals surface area contributed by atoms with Crippen molar-refractivity contribution in [3.8, 4) is 11.1 Å². The molecule has 0 fully saturated rings. The van der Waals surface area contributed by atoms with E-state index >= 15 is 0 Å². The lowest BCUT2D eigenvalue weighted by molar-refractivity contribution is 0.112. The van der Waals surface area contributed by atoms with Gasteiger partial charge in [-0.15, -0.1) is 0 Å². The molecule has 104 valence electrons. The van der Waals surface area contributed by atoms with Gasteiger partial charge in [0, 0.05) is 5.56 Å². The molecule has 0 aliphatic carbocycles. The molecule has 0 N–H and O–H groups in total. The van der Waals surface area contributed by atoms with E-state index in [4.69, 9.17) is 0 Å². The van der Waals surface area contributed by atoms with Gasteiger partial charge in [0.2, 0.25) is 0 Å². The van der Waals surface area contributed by atoms with Crippen LogP contribution in [0.15, 0.2) is 78.9 Å². The summed E-state index contributed by atoms with van der Waals surface area (Å²) in [6.45, 7) is 0. The lowest BCUT2D eigenvalue weighted by Gasteiger charge is -2.07. The molecule has 0 saturated carbocycles. The molecule has 0 saturated heterocycles. The second kappa shape index (κ2) is 5.12. The van der Waals surface area contributed by atoms with Crippen molar-refractivity contribution < 1.29 is 4.79 Å². The minimum Gasteiger partial charge on any atom is -0.298 e. The molecule has 22 heavy (non-hydrogen) atoms. The van der Waals surface area contributed by atoms with E-state index in [1.165, 1.54) is 27.1 Å². The smallest absolute Gasteiger partial charge is 0.150 e. The number of carbonyl (C=O) groups is 1. The van der Waals surface area contributed by atoms with E-state index in [9.17, 15) is 4.79 Å². The molecule has 0 amide bonds. The molecule has 0 radical (unpaired) electrons. The maximum atomic E-state index is 10.8.